The molecule has 9 heteroatoms. The van der Waals surface area contributed by atoms with Gasteiger partial charge in [0.1, 0.15) is 24.7 Å². The molecule has 0 heterocycles. The molecule has 164 valence electrons. The fraction of sp³-hybridized carbons (Fsp3) is 0.381. The van der Waals surface area contributed by atoms with E-state index in [0.717, 1.165) is 0 Å². The van der Waals surface area contributed by atoms with E-state index in [2.05, 4.69) is 0 Å². The van der Waals surface area contributed by atoms with E-state index in [-0.39, 0.29) is 37.6 Å². The second kappa shape index (κ2) is 10.3. The summed E-state index contributed by atoms with van der Waals surface area (Å²) < 4.78 is 20.4. The molecular formula is C21H26O9. The third-order valence-corrected chi connectivity index (χ3v) is 4.06. The summed E-state index contributed by atoms with van der Waals surface area (Å²) in [6, 6.07) is 12.1. The van der Waals surface area contributed by atoms with Gasteiger partial charge >= 0.3 is 6.16 Å². The number of ether oxygens (including phenoxy) is 4. The minimum Gasteiger partial charge on any atom is -0.491 e. The Labute approximate surface area is 174 Å². The average molecular weight is 422 g/mol. The van der Waals surface area contributed by atoms with E-state index in [9.17, 15) is 15.0 Å². The Morgan fingerprint density at radius 2 is 1.07 bits per heavy atom. The van der Waals surface area contributed by atoms with E-state index < -0.39 is 17.7 Å². The molecule has 0 aliphatic rings. The minimum atomic E-state index is -2.02. The summed E-state index contributed by atoms with van der Waals surface area (Å²) in [6.45, 7) is 2.49. The maximum atomic E-state index is 12.2. The summed E-state index contributed by atoms with van der Waals surface area (Å²) in [6.07, 6.45) is -1.29. The van der Waals surface area contributed by atoms with Gasteiger partial charge in [0.15, 0.2) is 0 Å². The summed E-state index contributed by atoms with van der Waals surface area (Å²) in [4.78, 5) is 12.2. The average Bonchev–Trinajstić information content (AvgIpc) is 2.70. The fourth-order valence-electron chi connectivity index (χ4n) is 2.51. The van der Waals surface area contributed by atoms with Crippen LogP contribution in [0.2, 0.25) is 0 Å². The Balaban J connectivity index is 2.00. The zero-order chi connectivity index (χ0) is 22.2. The zero-order valence-corrected chi connectivity index (χ0v) is 16.8. The molecule has 0 saturated carbocycles. The van der Waals surface area contributed by atoms with Crippen molar-refractivity contribution in [2.24, 2.45) is 0 Å². The van der Waals surface area contributed by atoms with E-state index >= 15 is 0 Å². The molecule has 4 N–H and O–H groups in total. The summed E-state index contributed by atoms with van der Waals surface area (Å²) >= 11 is 0. The molecule has 2 aromatic rings. The van der Waals surface area contributed by atoms with Crippen molar-refractivity contribution in [1.82, 2.24) is 0 Å². The smallest absolute Gasteiger partial charge is 0.491 e. The van der Waals surface area contributed by atoms with Gasteiger partial charge in [0.2, 0.25) is 11.6 Å². The van der Waals surface area contributed by atoms with Crippen molar-refractivity contribution in [2.45, 2.75) is 25.4 Å². The van der Waals surface area contributed by atoms with Gasteiger partial charge in [-0.15, -0.1) is 0 Å². The van der Waals surface area contributed by atoms with E-state index in [4.69, 9.17) is 29.2 Å². The molecule has 0 fully saturated rings. The lowest BCUT2D eigenvalue weighted by Crippen LogP contribution is -2.34. The van der Waals surface area contributed by atoms with Crippen LogP contribution < -0.4 is 9.47 Å². The van der Waals surface area contributed by atoms with E-state index in [1.54, 1.807) is 24.3 Å². The highest BCUT2D eigenvalue weighted by Gasteiger charge is 2.34. The highest BCUT2D eigenvalue weighted by atomic mass is 16.8. The Morgan fingerprint density at radius 1 is 0.733 bits per heavy atom. The number of hydrogen-bond donors (Lipinski definition) is 4. The van der Waals surface area contributed by atoms with Gasteiger partial charge in [-0.1, -0.05) is 0 Å². The Morgan fingerprint density at radius 3 is 1.37 bits per heavy atom. The van der Waals surface area contributed by atoms with Gasteiger partial charge in [0, 0.05) is 25.0 Å². The third kappa shape index (κ3) is 6.60. The van der Waals surface area contributed by atoms with Crippen molar-refractivity contribution in [1.29, 1.82) is 0 Å². The van der Waals surface area contributed by atoms with Crippen LogP contribution in [-0.2, 0) is 21.0 Å². The van der Waals surface area contributed by atoms with Crippen LogP contribution in [0, 0.1) is 0 Å². The van der Waals surface area contributed by atoms with Gasteiger partial charge in [0.25, 0.3) is 0 Å². The minimum absolute atomic E-state index is 0.127. The van der Waals surface area contributed by atoms with Crippen LogP contribution in [0.5, 0.6) is 11.5 Å². The van der Waals surface area contributed by atoms with Crippen molar-refractivity contribution in [3.05, 3.63) is 59.7 Å². The van der Waals surface area contributed by atoms with Crippen LogP contribution in [0.4, 0.5) is 4.79 Å². The molecule has 0 aliphatic heterocycles. The standard InChI is InChI=1S/C21H26O9/c1-20(25,15-3-7-17(8-4-15)27-13-11-22)29-19(24)30-21(2,26)16-5-9-18(10-6-16)28-14-12-23/h3-10,22-23,25-26H,11-14H2,1-2H3. The predicted molar refractivity (Wildman–Crippen MR) is 105 cm³/mol. The Bertz CT molecular complexity index is 731. The lowest BCUT2D eigenvalue weighted by molar-refractivity contribution is -0.219. The van der Waals surface area contributed by atoms with Crippen LogP contribution in [0.15, 0.2) is 48.5 Å². The van der Waals surface area contributed by atoms with Crippen LogP contribution in [-0.4, -0.2) is 53.0 Å². The fourth-order valence-corrected chi connectivity index (χ4v) is 2.51. The number of aliphatic hydroxyl groups excluding tert-OH is 2. The molecule has 0 saturated heterocycles. The molecule has 2 rings (SSSR count). The van der Waals surface area contributed by atoms with Crippen molar-refractivity contribution in [3.63, 3.8) is 0 Å². The van der Waals surface area contributed by atoms with Crippen molar-refractivity contribution in [2.75, 3.05) is 26.4 Å². The van der Waals surface area contributed by atoms with Crippen LogP contribution in [0.1, 0.15) is 25.0 Å². The van der Waals surface area contributed by atoms with Crippen LogP contribution in [0.25, 0.3) is 0 Å². The molecule has 2 atom stereocenters. The lowest BCUT2D eigenvalue weighted by atomic mass is 10.1. The van der Waals surface area contributed by atoms with Crippen molar-refractivity contribution < 1.29 is 44.2 Å². The summed E-state index contributed by atoms with van der Waals surface area (Å²) in [5, 5.41) is 38.5. The van der Waals surface area contributed by atoms with Crippen LogP contribution in [0.3, 0.4) is 0 Å². The van der Waals surface area contributed by atoms with Gasteiger partial charge in [-0.2, -0.15) is 0 Å². The first-order valence-corrected chi connectivity index (χ1v) is 9.23. The maximum Gasteiger partial charge on any atom is 0.513 e. The molecule has 9 nitrogen and oxygen atoms in total. The second-order valence-corrected chi connectivity index (χ2v) is 6.61. The number of hydrogen-bond acceptors (Lipinski definition) is 9. The molecule has 0 amide bonds. The van der Waals surface area contributed by atoms with E-state index in [0.29, 0.717) is 11.5 Å². The number of aliphatic hydroxyl groups is 4. The first kappa shape index (κ1) is 23.4. The van der Waals surface area contributed by atoms with Crippen molar-refractivity contribution in [3.8, 4) is 11.5 Å². The van der Waals surface area contributed by atoms with Gasteiger partial charge in [-0.05, 0) is 48.5 Å². The number of carbonyl (C=O) groups excluding carboxylic acids is 1. The van der Waals surface area contributed by atoms with Crippen molar-refractivity contribution >= 4 is 6.16 Å². The molecule has 0 bridgehead atoms. The lowest BCUT2D eigenvalue weighted by Gasteiger charge is -2.28. The normalized spacial score (nSPS) is 14.9. The third-order valence-electron chi connectivity index (χ3n) is 4.06. The molecule has 0 aromatic heterocycles. The number of rotatable bonds is 10. The number of benzene rings is 2. The molecule has 0 aliphatic carbocycles. The highest BCUT2D eigenvalue weighted by molar-refractivity contribution is 5.61. The topological polar surface area (TPSA) is 135 Å². The molecule has 2 unspecified atom stereocenters. The van der Waals surface area contributed by atoms with Gasteiger partial charge in [-0.3, -0.25) is 0 Å². The Kier molecular flexibility index (Phi) is 8.01. The zero-order valence-electron chi connectivity index (χ0n) is 16.8. The van der Waals surface area contributed by atoms with E-state index in [1.807, 2.05) is 0 Å². The summed E-state index contributed by atoms with van der Waals surface area (Å²) in [7, 11) is 0. The van der Waals surface area contributed by atoms with Gasteiger partial charge in [0.05, 0.1) is 13.2 Å². The quantitative estimate of drug-likeness (QED) is 0.333. The molecule has 30 heavy (non-hydrogen) atoms. The molecule has 0 radical (unpaired) electrons. The number of carbonyl (C=O) groups is 1. The molecule has 2 aromatic carbocycles. The van der Waals surface area contributed by atoms with Crippen LogP contribution >= 0.6 is 0 Å². The highest BCUT2D eigenvalue weighted by Crippen LogP contribution is 2.29. The Hall–Kier alpha value is -2.85. The summed E-state index contributed by atoms with van der Waals surface area (Å²) in [5.74, 6) is -3.10. The largest absolute Gasteiger partial charge is 0.513 e. The SMILES string of the molecule is CC(O)(OC(=O)OC(C)(O)c1ccc(OCCO)cc1)c1ccc(OCCO)cc1. The monoisotopic (exact) mass is 422 g/mol. The second-order valence-electron chi connectivity index (χ2n) is 6.61. The predicted octanol–water partition coefficient (Wildman–Crippen LogP) is 1.61. The first-order chi connectivity index (χ1) is 14.2. The van der Waals surface area contributed by atoms with Gasteiger partial charge in [-0.25, -0.2) is 4.79 Å². The first-order valence-electron chi connectivity index (χ1n) is 9.23. The van der Waals surface area contributed by atoms with E-state index in [1.165, 1.54) is 38.1 Å². The summed E-state index contributed by atoms with van der Waals surface area (Å²) in [5.41, 5.74) is 0.502. The van der Waals surface area contributed by atoms with Gasteiger partial charge < -0.3 is 39.4 Å². The maximum absolute atomic E-state index is 12.2. The molecule has 0 spiro atoms. The molecular weight excluding hydrogens is 396 g/mol.